The highest BCUT2D eigenvalue weighted by Crippen LogP contribution is 2.56. The molecule has 0 amide bonds. The Hall–Kier alpha value is -1.71. The number of thioether (sulfide) groups is 2. The molecule has 2 aromatic carbocycles. The molecule has 0 unspecified atom stereocenters. The van der Waals surface area contributed by atoms with E-state index < -0.39 is 0 Å². The normalized spacial score (nSPS) is 10.6. The Balaban J connectivity index is 2.77. The number of rotatable bonds is 12. The summed E-state index contributed by atoms with van der Waals surface area (Å²) in [5.74, 6) is 5.66. The van der Waals surface area contributed by atoms with Gasteiger partial charge in [0, 0.05) is 0 Å². The number of hydrogen-bond acceptors (Lipinski definition) is 9. The van der Waals surface area contributed by atoms with Crippen LogP contribution in [-0.2, 0) is 0 Å². The third-order valence-corrected chi connectivity index (χ3v) is 7.29. The Labute approximate surface area is 197 Å². The first-order valence-corrected chi connectivity index (χ1v) is 12.4. The lowest BCUT2D eigenvalue weighted by Crippen LogP contribution is -2.00. The lowest BCUT2D eigenvalue weighted by Gasteiger charge is -2.22. The van der Waals surface area contributed by atoms with Gasteiger partial charge >= 0.3 is 0 Å². The summed E-state index contributed by atoms with van der Waals surface area (Å²) in [6.07, 6.45) is 0. The largest absolute Gasteiger partial charge is 0.495 e. The van der Waals surface area contributed by atoms with Crippen LogP contribution in [0.5, 0.6) is 34.5 Å². The molecule has 9 heteroatoms. The van der Waals surface area contributed by atoms with Crippen molar-refractivity contribution in [1.29, 1.82) is 0 Å². The Kier molecular flexibility index (Phi) is 10.2. The highest BCUT2D eigenvalue weighted by molar-refractivity contribution is 8.00. The second-order valence-electron chi connectivity index (χ2n) is 5.91. The van der Waals surface area contributed by atoms with E-state index >= 15 is 0 Å². The van der Waals surface area contributed by atoms with Crippen LogP contribution in [0.3, 0.4) is 0 Å². The van der Waals surface area contributed by atoms with Crippen molar-refractivity contribution in [1.82, 2.24) is 0 Å². The average Bonchev–Trinajstić information content (AvgIpc) is 2.79. The maximum atomic E-state index is 5.78. The van der Waals surface area contributed by atoms with Crippen molar-refractivity contribution in [3.8, 4) is 34.5 Å². The van der Waals surface area contributed by atoms with Gasteiger partial charge in [-0.05, 0) is 23.6 Å². The minimum atomic E-state index is 0.595. The Morgan fingerprint density at radius 2 is 0.903 bits per heavy atom. The third kappa shape index (κ3) is 5.38. The van der Waals surface area contributed by atoms with E-state index in [1.807, 2.05) is 12.1 Å². The van der Waals surface area contributed by atoms with Crippen LogP contribution in [0, 0.1) is 0 Å². The van der Waals surface area contributed by atoms with Crippen LogP contribution in [0.2, 0.25) is 0 Å². The highest BCUT2D eigenvalue weighted by atomic mass is 32.2. The number of hydrogen-bond donors (Lipinski definition) is 0. The minimum absolute atomic E-state index is 0.595. The molecule has 0 N–H and O–H groups in total. The Bertz CT molecular complexity index is 817. The SMILES string of the molecule is CCSc1cc(OC)c(Sc2c(OC)cc(SCC)c(OC)c2OC)c(OC)c1OC. The minimum Gasteiger partial charge on any atom is -0.495 e. The summed E-state index contributed by atoms with van der Waals surface area (Å²) in [6.45, 7) is 4.17. The van der Waals surface area contributed by atoms with Crippen LogP contribution in [0.15, 0.2) is 31.7 Å². The summed E-state index contributed by atoms with van der Waals surface area (Å²) in [5, 5.41) is 0. The molecule has 0 aliphatic carbocycles. The number of ether oxygens (including phenoxy) is 6. The zero-order valence-electron chi connectivity index (χ0n) is 19.2. The van der Waals surface area contributed by atoms with Gasteiger partial charge in [0.15, 0.2) is 23.0 Å². The molecule has 2 aromatic rings. The molecule has 0 atom stereocenters. The van der Waals surface area contributed by atoms with Gasteiger partial charge in [-0.2, -0.15) is 0 Å². The predicted octanol–water partition coefficient (Wildman–Crippen LogP) is 6.11. The molecule has 2 rings (SSSR count). The first-order chi connectivity index (χ1) is 15.0. The molecule has 31 heavy (non-hydrogen) atoms. The van der Waals surface area contributed by atoms with Crippen molar-refractivity contribution in [2.75, 3.05) is 54.2 Å². The summed E-state index contributed by atoms with van der Waals surface area (Å²) in [6, 6.07) is 3.94. The van der Waals surface area contributed by atoms with Crippen molar-refractivity contribution in [3.05, 3.63) is 12.1 Å². The van der Waals surface area contributed by atoms with Gasteiger partial charge in [0.25, 0.3) is 0 Å². The molecular formula is C22H30O6S3. The number of methoxy groups -OCH3 is 6. The lowest BCUT2D eigenvalue weighted by molar-refractivity contribution is 0.327. The molecule has 0 bridgehead atoms. The molecule has 172 valence electrons. The first-order valence-electron chi connectivity index (χ1n) is 9.64. The number of benzene rings is 2. The summed E-state index contributed by atoms with van der Waals surface area (Å²) >= 11 is 4.75. The van der Waals surface area contributed by atoms with Crippen LogP contribution in [0.1, 0.15) is 13.8 Å². The fraction of sp³-hybridized carbons (Fsp3) is 0.455. The van der Waals surface area contributed by atoms with Gasteiger partial charge in [-0.3, -0.25) is 0 Å². The van der Waals surface area contributed by atoms with E-state index in [1.54, 1.807) is 66.2 Å². The van der Waals surface area contributed by atoms with E-state index in [0.717, 1.165) is 31.1 Å². The second kappa shape index (κ2) is 12.4. The molecule has 0 radical (unpaired) electrons. The zero-order valence-corrected chi connectivity index (χ0v) is 21.7. The van der Waals surface area contributed by atoms with Crippen LogP contribution in [0.25, 0.3) is 0 Å². The van der Waals surface area contributed by atoms with Gasteiger partial charge in [0.2, 0.25) is 0 Å². The third-order valence-electron chi connectivity index (χ3n) is 4.30. The summed E-state index contributed by atoms with van der Waals surface area (Å²) in [7, 11) is 9.80. The molecule has 0 aromatic heterocycles. The van der Waals surface area contributed by atoms with E-state index in [4.69, 9.17) is 28.4 Å². The zero-order chi connectivity index (χ0) is 23.0. The second-order valence-corrected chi connectivity index (χ2v) is 9.55. The van der Waals surface area contributed by atoms with Gasteiger partial charge < -0.3 is 28.4 Å². The van der Waals surface area contributed by atoms with Gasteiger partial charge in [-0.15, -0.1) is 23.5 Å². The molecular weight excluding hydrogens is 456 g/mol. The summed E-state index contributed by atoms with van der Waals surface area (Å²) in [4.78, 5) is 3.43. The fourth-order valence-corrected chi connectivity index (χ4v) is 5.88. The van der Waals surface area contributed by atoms with Gasteiger partial charge in [0.05, 0.1) is 52.4 Å². The first kappa shape index (κ1) is 25.5. The molecule has 0 heterocycles. The molecule has 0 aliphatic heterocycles. The monoisotopic (exact) mass is 486 g/mol. The van der Waals surface area contributed by atoms with Crippen molar-refractivity contribution in [2.45, 2.75) is 33.4 Å². The standard InChI is InChI=1S/C22H30O6S3/c1-9-29-15-11-13(23-3)21(19(27-7)17(15)25-5)31-22-14(24-4)12-16(30-10-2)18(26-6)20(22)28-8/h11-12H,9-10H2,1-8H3. The maximum absolute atomic E-state index is 5.78. The van der Waals surface area contributed by atoms with Crippen molar-refractivity contribution in [2.24, 2.45) is 0 Å². The van der Waals surface area contributed by atoms with Crippen LogP contribution in [0.4, 0.5) is 0 Å². The van der Waals surface area contributed by atoms with E-state index in [0.29, 0.717) is 34.5 Å². The van der Waals surface area contributed by atoms with Gasteiger partial charge in [-0.25, -0.2) is 0 Å². The van der Waals surface area contributed by atoms with Crippen LogP contribution >= 0.6 is 35.3 Å². The molecule has 0 aliphatic rings. The average molecular weight is 487 g/mol. The van der Waals surface area contributed by atoms with Crippen LogP contribution in [-0.4, -0.2) is 54.2 Å². The fourth-order valence-electron chi connectivity index (χ4n) is 3.04. The highest BCUT2D eigenvalue weighted by Gasteiger charge is 2.27. The van der Waals surface area contributed by atoms with E-state index in [1.165, 1.54) is 11.8 Å². The summed E-state index contributed by atoms with van der Waals surface area (Å²) < 4.78 is 34.4. The van der Waals surface area contributed by atoms with Crippen LogP contribution < -0.4 is 28.4 Å². The Morgan fingerprint density at radius 1 is 0.548 bits per heavy atom. The van der Waals surface area contributed by atoms with E-state index in [9.17, 15) is 0 Å². The van der Waals surface area contributed by atoms with Gasteiger partial charge in [-0.1, -0.05) is 25.6 Å². The van der Waals surface area contributed by atoms with Crippen molar-refractivity contribution < 1.29 is 28.4 Å². The summed E-state index contributed by atoms with van der Waals surface area (Å²) in [5.41, 5.74) is 0. The van der Waals surface area contributed by atoms with E-state index in [2.05, 4.69) is 13.8 Å². The quantitative estimate of drug-likeness (QED) is 0.331. The molecule has 6 nitrogen and oxygen atoms in total. The Morgan fingerprint density at radius 3 is 1.16 bits per heavy atom. The van der Waals surface area contributed by atoms with Crippen molar-refractivity contribution >= 4 is 35.3 Å². The lowest BCUT2D eigenvalue weighted by atomic mass is 10.3. The maximum Gasteiger partial charge on any atom is 0.179 e. The topological polar surface area (TPSA) is 55.4 Å². The van der Waals surface area contributed by atoms with Gasteiger partial charge in [0.1, 0.15) is 21.3 Å². The van der Waals surface area contributed by atoms with E-state index in [-0.39, 0.29) is 0 Å². The molecule has 0 saturated carbocycles. The molecule has 0 spiro atoms. The molecule has 0 saturated heterocycles. The molecule has 0 fully saturated rings. The van der Waals surface area contributed by atoms with Crippen molar-refractivity contribution in [3.63, 3.8) is 0 Å². The predicted molar refractivity (Wildman–Crippen MR) is 129 cm³/mol. The smallest absolute Gasteiger partial charge is 0.179 e.